The number of rotatable bonds is 4. The average molecular weight is 281 g/mol. The summed E-state index contributed by atoms with van der Waals surface area (Å²) in [6, 6.07) is 5.90. The van der Waals surface area contributed by atoms with Crippen LogP contribution in [0.3, 0.4) is 0 Å². The first-order chi connectivity index (χ1) is 8.93. The van der Waals surface area contributed by atoms with Crippen molar-refractivity contribution in [2.75, 3.05) is 13.7 Å². The van der Waals surface area contributed by atoms with Crippen molar-refractivity contribution in [3.8, 4) is 0 Å². The molecule has 0 bridgehead atoms. The van der Waals surface area contributed by atoms with E-state index in [1.54, 1.807) is 7.11 Å². The summed E-state index contributed by atoms with van der Waals surface area (Å²) in [4.78, 5) is 4.76. The Balaban J connectivity index is 2.49. The van der Waals surface area contributed by atoms with Gasteiger partial charge in [0.05, 0.1) is 11.0 Å². The minimum Gasteiger partial charge on any atom is -0.385 e. The van der Waals surface area contributed by atoms with Gasteiger partial charge in [0, 0.05) is 30.7 Å². The van der Waals surface area contributed by atoms with Crippen LogP contribution in [0.4, 0.5) is 0 Å². The van der Waals surface area contributed by atoms with Crippen molar-refractivity contribution in [3.63, 3.8) is 0 Å². The molecule has 4 heteroatoms. The smallest absolute Gasteiger partial charge is 0.115 e. The average Bonchev–Trinajstić information content (AvgIpc) is 2.67. The molecular formula is C15H21ClN2O. The number of ether oxygens (including phenoxy) is 1. The molecule has 104 valence electrons. The van der Waals surface area contributed by atoms with E-state index in [1.807, 2.05) is 18.2 Å². The lowest BCUT2D eigenvalue weighted by atomic mass is 9.95. The maximum Gasteiger partial charge on any atom is 0.115 e. The highest BCUT2D eigenvalue weighted by molar-refractivity contribution is 6.31. The van der Waals surface area contributed by atoms with Gasteiger partial charge >= 0.3 is 0 Å². The largest absolute Gasteiger partial charge is 0.385 e. The fourth-order valence-electron chi connectivity index (χ4n) is 2.27. The number of hydrogen-bond donors (Lipinski definition) is 0. The second-order valence-corrected chi connectivity index (χ2v) is 6.25. The first-order valence-corrected chi connectivity index (χ1v) is 6.96. The van der Waals surface area contributed by atoms with Gasteiger partial charge in [-0.3, -0.25) is 0 Å². The van der Waals surface area contributed by atoms with Crippen LogP contribution in [0, 0.1) is 0 Å². The zero-order valence-corrected chi connectivity index (χ0v) is 12.8. The molecule has 0 radical (unpaired) electrons. The molecule has 1 aromatic heterocycles. The van der Waals surface area contributed by atoms with E-state index in [1.165, 1.54) is 0 Å². The molecule has 0 spiro atoms. The Morgan fingerprint density at radius 1 is 1.32 bits per heavy atom. The summed E-state index contributed by atoms with van der Waals surface area (Å²) >= 11 is 6.05. The summed E-state index contributed by atoms with van der Waals surface area (Å²) < 4.78 is 7.42. The molecule has 19 heavy (non-hydrogen) atoms. The molecule has 0 atom stereocenters. The summed E-state index contributed by atoms with van der Waals surface area (Å²) in [5, 5.41) is 0.731. The molecule has 3 nitrogen and oxygen atoms in total. The lowest BCUT2D eigenvalue weighted by Crippen LogP contribution is -2.19. The fourth-order valence-corrected chi connectivity index (χ4v) is 2.44. The van der Waals surface area contributed by atoms with Crippen molar-refractivity contribution in [2.24, 2.45) is 0 Å². The third-order valence-corrected chi connectivity index (χ3v) is 3.35. The third kappa shape index (κ3) is 3.10. The number of fused-ring (bicyclic) bond motifs is 1. The first kappa shape index (κ1) is 14.4. The zero-order chi connectivity index (χ0) is 14.0. The molecule has 0 aliphatic carbocycles. The maximum absolute atomic E-state index is 6.05. The summed E-state index contributed by atoms with van der Waals surface area (Å²) in [6.07, 6.45) is 0.980. The lowest BCUT2D eigenvalue weighted by molar-refractivity contribution is 0.190. The Hall–Kier alpha value is -1.06. The highest BCUT2D eigenvalue weighted by atomic mass is 35.5. The molecule has 0 aliphatic heterocycles. The van der Waals surface area contributed by atoms with Crippen LogP contribution >= 0.6 is 11.6 Å². The van der Waals surface area contributed by atoms with Gasteiger partial charge < -0.3 is 9.30 Å². The van der Waals surface area contributed by atoms with E-state index < -0.39 is 0 Å². The van der Waals surface area contributed by atoms with Gasteiger partial charge in [-0.05, 0) is 24.6 Å². The third-order valence-electron chi connectivity index (χ3n) is 3.11. The van der Waals surface area contributed by atoms with Crippen LogP contribution in [0.25, 0.3) is 11.0 Å². The minimum atomic E-state index is 0.0125. The molecule has 1 aromatic carbocycles. The van der Waals surface area contributed by atoms with Gasteiger partial charge in [-0.25, -0.2) is 4.98 Å². The number of halogens is 1. The van der Waals surface area contributed by atoms with E-state index >= 15 is 0 Å². The SMILES string of the molecule is COCCCn1c(C(C)(C)C)nc2cc(Cl)ccc21. The van der Waals surface area contributed by atoms with Crippen LogP contribution in [0.5, 0.6) is 0 Å². The number of hydrogen-bond acceptors (Lipinski definition) is 2. The number of aryl methyl sites for hydroxylation is 1. The molecule has 0 aliphatic rings. The number of benzene rings is 1. The van der Waals surface area contributed by atoms with Crippen molar-refractivity contribution >= 4 is 22.6 Å². The summed E-state index contributed by atoms with van der Waals surface area (Å²) in [6.45, 7) is 8.23. The summed E-state index contributed by atoms with van der Waals surface area (Å²) in [5.41, 5.74) is 2.12. The normalized spacial score (nSPS) is 12.3. The van der Waals surface area contributed by atoms with E-state index in [4.69, 9.17) is 21.3 Å². The number of nitrogens with zero attached hydrogens (tertiary/aromatic N) is 2. The highest BCUT2D eigenvalue weighted by Crippen LogP contribution is 2.28. The van der Waals surface area contributed by atoms with Crippen LogP contribution in [-0.2, 0) is 16.7 Å². The van der Waals surface area contributed by atoms with E-state index in [-0.39, 0.29) is 5.41 Å². The number of imidazole rings is 1. The van der Waals surface area contributed by atoms with Crippen molar-refractivity contribution in [1.29, 1.82) is 0 Å². The van der Waals surface area contributed by atoms with Gasteiger partial charge in [0.2, 0.25) is 0 Å². The number of aromatic nitrogens is 2. The van der Waals surface area contributed by atoms with Gasteiger partial charge in [0.15, 0.2) is 0 Å². The molecule has 2 rings (SSSR count). The van der Waals surface area contributed by atoms with Gasteiger partial charge in [-0.2, -0.15) is 0 Å². The molecular weight excluding hydrogens is 260 g/mol. The molecule has 0 amide bonds. The van der Waals surface area contributed by atoms with E-state index in [2.05, 4.69) is 25.3 Å². The van der Waals surface area contributed by atoms with Crippen molar-refractivity contribution < 1.29 is 4.74 Å². The fraction of sp³-hybridized carbons (Fsp3) is 0.533. The second kappa shape index (κ2) is 5.51. The molecule has 0 N–H and O–H groups in total. The van der Waals surface area contributed by atoms with E-state index in [9.17, 15) is 0 Å². The van der Waals surface area contributed by atoms with Crippen LogP contribution in [0.15, 0.2) is 18.2 Å². The molecule has 0 saturated heterocycles. The van der Waals surface area contributed by atoms with Crippen molar-refractivity contribution in [2.45, 2.75) is 39.2 Å². The highest BCUT2D eigenvalue weighted by Gasteiger charge is 2.22. The Kier molecular flexibility index (Phi) is 4.16. The van der Waals surface area contributed by atoms with Crippen molar-refractivity contribution in [1.82, 2.24) is 9.55 Å². The molecule has 0 saturated carbocycles. The molecule has 0 unspecified atom stereocenters. The standard InChI is InChI=1S/C15H21ClN2O/c1-15(2,3)14-17-12-10-11(16)6-7-13(12)18(14)8-5-9-19-4/h6-7,10H,5,8-9H2,1-4H3. The van der Waals surface area contributed by atoms with Crippen molar-refractivity contribution in [3.05, 3.63) is 29.0 Å². The Labute approximate surface area is 119 Å². The van der Waals surface area contributed by atoms with E-state index in [0.717, 1.165) is 41.5 Å². The molecule has 2 aromatic rings. The van der Waals surface area contributed by atoms with Crippen LogP contribution < -0.4 is 0 Å². The molecule has 0 fully saturated rings. The van der Waals surface area contributed by atoms with Gasteiger partial charge in [0.25, 0.3) is 0 Å². The summed E-state index contributed by atoms with van der Waals surface area (Å²) in [7, 11) is 1.73. The van der Waals surface area contributed by atoms with Gasteiger partial charge in [-0.1, -0.05) is 32.4 Å². The zero-order valence-electron chi connectivity index (χ0n) is 12.0. The number of methoxy groups -OCH3 is 1. The predicted molar refractivity (Wildman–Crippen MR) is 79.9 cm³/mol. The van der Waals surface area contributed by atoms with Gasteiger partial charge in [-0.15, -0.1) is 0 Å². The molecule has 1 heterocycles. The monoisotopic (exact) mass is 280 g/mol. The topological polar surface area (TPSA) is 27.1 Å². The summed E-state index contributed by atoms with van der Waals surface area (Å²) in [5.74, 6) is 1.10. The van der Waals surface area contributed by atoms with Crippen LogP contribution in [-0.4, -0.2) is 23.3 Å². The second-order valence-electron chi connectivity index (χ2n) is 5.82. The Morgan fingerprint density at radius 2 is 2.05 bits per heavy atom. The first-order valence-electron chi connectivity index (χ1n) is 6.58. The quantitative estimate of drug-likeness (QED) is 0.791. The lowest BCUT2D eigenvalue weighted by Gasteiger charge is -2.20. The maximum atomic E-state index is 6.05. The predicted octanol–water partition coefficient (Wildman–Crippen LogP) is 4.02. The minimum absolute atomic E-state index is 0.0125. The van der Waals surface area contributed by atoms with Crippen LogP contribution in [0.1, 0.15) is 33.0 Å². The van der Waals surface area contributed by atoms with Gasteiger partial charge in [0.1, 0.15) is 5.82 Å². The Morgan fingerprint density at radius 3 is 2.68 bits per heavy atom. The van der Waals surface area contributed by atoms with Crippen LogP contribution in [0.2, 0.25) is 5.02 Å². The Bertz CT molecular complexity index is 569. The van der Waals surface area contributed by atoms with E-state index in [0.29, 0.717) is 0 Å².